The van der Waals surface area contributed by atoms with Crippen molar-refractivity contribution in [2.75, 3.05) is 13.7 Å². The molecule has 0 aliphatic heterocycles. The summed E-state index contributed by atoms with van der Waals surface area (Å²) in [6.07, 6.45) is 2.18. The Kier molecular flexibility index (Phi) is 5.64. The van der Waals surface area contributed by atoms with Gasteiger partial charge >= 0.3 is 0 Å². The van der Waals surface area contributed by atoms with Crippen molar-refractivity contribution in [3.8, 4) is 11.5 Å². The first-order valence-corrected chi connectivity index (χ1v) is 7.35. The van der Waals surface area contributed by atoms with E-state index >= 15 is 0 Å². The zero-order valence-corrected chi connectivity index (χ0v) is 12.7. The van der Waals surface area contributed by atoms with E-state index in [2.05, 4.69) is 36.5 Å². The number of rotatable bonds is 7. The molecule has 2 rings (SSSR count). The summed E-state index contributed by atoms with van der Waals surface area (Å²) in [7, 11) is 1.57. The highest BCUT2D eigenvalue weighted by atomic mass is 16.5. The minimum atomic E-state index is 0.178. The third-order valence-corrected chi connectivity index (χ3v) is 3.64. The summed E-state index contributed by atoms with van der Waals surface area (Å²) >= 11 is 0. The Bertz CT molecular complexity index is 554. The van der Waals surface area contributed by atoms with Crippen LogP contribution in [0.1, 0.15) is 30.5 Å². The number of phenolic OH excluding ortho intramolecular Hbond substituents is 1. The van der Waals surface area contributed by atoms with Crippen molar-refractivity contribution < 1.29 is 9.84 Å². The Morgan fingerprint density at radius 3 is 2.62 bits per heavy atom. The lowest BCUT2D eigenvalue weighted by molar-refractivity contribution is 0.372. The van der Waals surface area contributed by atoms with Gasteiger partial charge in [0.2, 0.25) is 0 Å². The quantitative estimate of drug-likeness (QED) is 0.762. The minimum absolute atomic E-state index is 0.178. The van der Waals surface area contributed by atoms with Crippen molar-refractivity contribution in [2.24, 2.45) is 0 Å². The molecular formula is C18H23NO2. The van der Waals surface area contributed by atoms with Gasteiger partial charge < -0.3 is 15.2 Å². The second-order valence-electron chi connectivity index (χ2n) is 5.20. The fourth-order valence-corrected chi connectivity index (χ4v) is 2.34. The summed E-state index contributed by atoms with van der Waals surface area (Å²) in [5.41, 5.74) is 2.49. The van der Waals surface area contributed by atoms with Gasteiger partial charge in [-0.3, -0.25) is 0 Å². The molecule has 0 fully saturated rings. The Hall–Kier alpha value is -2.00. The van der Waals surface area contributed by atoms with E-state index in [1.807, 2.05) is 18.2 Å². The number of aryl methyl sites for hydroxylation is 1. The first kappa shape index (κ1) is 15.4. The molecule has 0 aromatic heterocycles. The number of ether oxygens (including phenoxy) is 1. The molecule has 0 aliphatic carbocycles. The van der Waals surface area contributed by atoms with Gasteiger partial charge in [-0.2, -0.15) is 0 Å². The van der Waals surface area contributed by atoms with Crippen molar-refractivity contribution >= 4 is 0 Å². The molecule has 3 heteroatoms. The molecule has 3 nitrogen and oxygen atoms in total. The largest absolute Gasteiger partial charge is 0.504 e. The normalized spacial score (nSPS) is 12.1. The molecule has 2 aromatic carbocycles. The van der Waals surface area contributed by atoms with Crippen molar-refractivity contribution in [3.05, 3.63) is 59.7 Å². The number of methoxy groups -OCH3 is 1. The Balaban J connectivity index is 1.80. The van der Waals surface area contributed by atoms with Gasteiger partial charge in [0.1, 0.15) is 0 Å². The Morgan fingerprint density at radius 2 is 1.90 bits per heavy atom. The highest BCUT2D eigenvalue weighted by Crippen LogP contribution is 2.28. The predicted molar refractivity (Wildman–Crippen MR) is 85.8 cm³/mol. The standard InChI is InChI=1S/C18H23NO2/c1-14(16-10-11-17(20)18(13-16)21-2)19-12-6-9-15-7-4-3-5-8-15/h3-5,7-8,10-11,13-14,19-20H,6,9,12H2,1-2H3. The van der Waals surface area contributed by atoms with Crippen LogP contribution < -0.4 is 10.1 Å². The molecule has 0 saturated carbocycles. The highest BCUT2D eigenvalue weighted by Gasteiger charge is 2.08. The fraction of sp³-hybridized carbons (Fsp3) is 0.333. The number of hydrogen-bond donors (Lipinski definition) is 2. The fourth-order valence-electron chi connectivity index (χ4n) is 2.34. The van der Waals surface area contributed by atoms with Crippen LogP contribution in [0.3, 0.4) is 0 Å². The molecule has 2 N–H and O–H groups in total. The second kappa shape index (κ2) is 7.70. The first-order chi connectivity index (χ1) is 10.2. The van der Waals surface area contributed by atoms with Crippen LogP contribution >= 0.6 is 0 Å². The summed E-state index contributed by atoms with van der Waals surface area (Å²) in [5, 5.41) is 13.1. The Labute approximate surface area is 126 Å². The van der Waals surface area contributed by atoms with Gasteiger partial charge in [0.25, 0.3) is 0 Å². The molecule has 1 atom stereocenters. The second-order valence-corrected chi connectivity index (χ2v) is 5.20. The van der Waals surface area contributed by atoms with Crippen LogP contribution in [0, 0.1) is 0 Å². The molecule has 0 saturated heterocycles. The molecule has 0 amide bonds. The van der Waals surface area contributed by atoms with Crippen LogP contribution in [-0.2, 0) is 6.42 Å². The topological polar surface area (TPSA) is 41.5 Å². The first-order valence-electron chi connectivity index (χ1n) is 7.35. The molecule has 21 heavy (non-hydrogen) atoms. The lowest BCUT2D eigenvalue weighted by Gasteiger charge is -2.15. The van der Waals surface area contributed by atoms with E-state index in [4.69, 9.17) is 4.74 Å². The summed E-state index contributed by atoms with van der Waals surface area (Å²) in [5.74, 6) is 0.697. The smallest absolute Gasteiger partial charge is 0.160 e. The van der Waals surface area contributed by atoms with Crippen molar-refractivity contribution in [3.63, 3.8) is 0 Å². The zero-order valence-electron chi connectivity index (χ0n) is 12.7. The van der Waals surface area contributed by atoms with E-state index in [1.54, 1.807) is 13.2 Å². The van der Waals surface area contributed by atoms with Crippen LogP contribution in [0.5, 0.6) is 11.5 Å². The van der Waals surface area contributed by atoms with Crippen LogP contribution in [-0.4, -0.2) is 18.8 Å². The number of aromatic hydroxyl groups is 1. The van der Waals surface area contributed by atoms with Crippen LogP contribution in [0.2, 0.25) is 0 Å². The zero-order chi connectivity index (χ0) is 15.1. The molecular weight excluding hydrogens is 262 g/mol. The van der Waals surface area contributed by atoms with Crippen LogP contribution in [0.15, 0.2) is 48.5 Å². The van der Waals surface area contributed by atoms with Crippen molar-refractivity contribution in [1.29, 1.82) is 0 Å². The van der Waals surface area contributed by atoms with Gasteiger partial charge in [0.05, 0.1) is 7.11 Å². The van der Waals surface area contributed by atoms with E-state index in [1.165, 1.54) is 5.56 Å². The number of nitrogens with one attached hydrogen (secondary N) is 1. The summed E-state index contributed by atoms with van der Waals surface area (Å²) in [6.45, 7) is 3.08. The maximum Gasteiger partial charge on any atom is 0.160 e. The molecule has 2 aromatic rings. The Morgan fingerprint density at radius 1 is 1.14 bits per heavy atom. The monoisotopic (exact) mass is 285 g/mol. The van der Waals surface area contributed by atoms with Gasteiger partial charge in [-0.15, -0.1) is 0 Å². The third-order valence-electron chi connectivity index (χ3n) is 3.64. The number of hydrogen-bond acceptors (Lipinski definition) is 3. The maximum absolute atomic E-state index is 9.61. The van der Waals surface area contributed by atoms with Gasteiger partial charge in [-0.05, 0) is 49.6 Å². The molecule has 112 valence electrons. The van der Waals surface area contributed by atoms with Crippen LogP contribution in [0.4, 0.5) is 0 Å². The maximum atomic E-state index is 9.61. The van der Waals surface area contributed by atoms with Crippen LogP contribution in [0.25, 0.3) is 0 Å². The minimum Gasteiger partial charge on any atom is -0.504 e. The summed E-state index contributed by atoms with van der Waals surface area (Å²) in [4.78, 5) is 0. The molecule has 1 unspecified atom stereocenters. The summed E-state index contributed by atoms with van der Waals surface area (Å²) in [6, 6.07) is 16.2. The molecule has 0 aliphatic rings. The third kappa shape index (κ3) is 4.50. The lowest BCUT2D eigenvalue weighted by Crippen LogP contribution is -2.20. The average Bonchev–Trinajstić information content (AvgIpc) is 2.53. The van der Waals surface area contributed by atoms with E-state index in [0.717, 1.165) is 24.9 Å². The van der Waals surface area contributed by atoms with E-state index in [0.29, 0.717) is 5.75 Å². The van der Waals surface area contributed by atoms with Crippen molar-refractivity contribution in [2.45, 2.75) is 25.8 Å². The molecule has 0 heterocycles. The molecule has 0 spiro atoms. The lowest BCUT2D eigenvalue weighted by atomic mass is 10.1. The highest BCUT2D eigenvalue weighted by molar-refractivity contribution is 5.42. The molecule has 0 bridgehead atoms. The van der Waals surface area contributed by atoms with Gasteiger partial charge in [-0.1, -0.05) is 36.4 Å². The summed E-state index contributed by atoms with van der Waals surface area (Å²) < 4.78 is 5.14. The average molecular weight is 285 g/mol. The van der Waals surface area contributed by atoms with Crippen molar-refractivity contribution in [1.82, 2.24) is 5.32 Å². The molecule has 0 radical (unpaired) electrons. The van der Waals surface area contributed by atoms with Gasteiger partial charge in [0.15, 0.2) is 11.5 Å². The van der Waals surface area contributed by atoms with Gasteiger partial charge in [-0.25, -0.2) is 0 Å². The van der Waals surface area contributed by atoms with E-state index in [-0.39, 0.29) is 11.8 Å². The SMILES string of the molecule is COc1cc(C(C)NCCCc2ccccc2)ccc1O. The number of phenols is 1. The van der Waals surface area contributed by atoms with E-state index < -0.39 is 0 Å². The van der Waals surface area contributed by atoms with E-state index in [9.17, 15) is 5.11 Å². The predicted octanol–water partition coefficient (Wildman–Crippen LogP) is 3.68. The van der Waals surface area contributed by atoms with Gasteiger partial charge in [0, 0.05) is 6.04 Å². The number of benzene rings is 2.